The predicted octanol–water partition coefficient (Wildman–Crippen LogP) is 3.78. The van der Waals surface area contributed by atoms with Gasteiger partial charge in [-0.25, -0.2) is 4.98 Å². The number of carbonyl (C=O) groups excluding carboxylic acids is 1. The van der Waals surface area contributed by atoms with Gasteiger partial charge in [-0.05, 0) is 26.0 Å². The van der Waals surface area contributed by atoms with Crippen LogP contribution in [0.4, 0.5) is 0 Å². The Morgan fingerprint density at radius 2 is 2.00 bits per heavy atom. The molecule has 1 aromatic heterocycles. The summed E-state index contributed by atoms with van der Waals surface area (Å²) >= 11 is 13.5. The van der Waals surface area contributed by atoms with Crippen LogP contribution in [0.15, 0.2) is 28.7 Å². The zero-order chi connectivity index (χ0) is 16.3. The lowest BCUT2D eigenvalue weighted by Crippen LogP contribution is -2.15. The van der Waals surface area contributed by atoms with Crippen molar-refractivity contribution in [3.8, 4) is 5.75 Å². The van der Waals surface area contributed by atoms with Crippen molar-refractivity contribution < 1.29 is 9.53 Å². The van der Waals surface area contributed by atoms with Gasteiger partial charge in [-0.3, -0.25) is 4.79 Å². The number of carbonyl (C=O) groups is 1. The van der Waals surface area contributed by atoms with Crippen LogP contribution >= 0.6 is 34.5 Å². The lowest BCUT2D eigenvalue weighted by atomic mass is 10.2. The minimum absolute atomic E-state index is 0.0507. The van der Waals surface area contributed by atoms with Gasteiger partial charge in [0.15, 0.2) is 16.6 Å². The Morgan fingerprint density at radius 1 is 1.36 bits per heavy atom. The Morgan fingerprint density at radius 3 is 2.50 bits per heavy atom. The molecule has 0 aliphatic heterocycles. The van der Waals surface area contributed by atoms with E-state index in [9.17, 15) is 4.79 Å². The summed E-state index contributed by atoms with van der Waals surface area (Å²) < 4.78 is 5.51. The summed E-state index contributed by atoms with van der Waals surface area (Å²) in [5, 5.41) is 2.71. The highest BCUT2D eigenvalue weighted by Crippen LogP contribution is 2.35. The van der Waals surface area contributed by atoms with Gasteiger partial charge in [0.25, 0.3) is 5.91 Å². The lowest BCUT2D eigenvalue weighted by molar-refractivity contribution is 0.100. The molecule has 0 saturated heterocycles. The van der Waals surface area contributed by atoms with E-state index in [0.29, 0.717) is 10.8 Å². The second-order valence-electron chi connectivity index (χ2n) is 4.58. The summed E-state index contributed by atoms with van der Waals surface area (Å²) in [7, 11) is 0. The zero-order valence-corrected chi connectivity index (χ0v) is 14.2. The summed E-state index contributed by atoms with van der Waals surface area (Å²) in [5.41, 5.74) is 5.96. The van der Waals surface area contributed by atoms with E-state index in [4.69, 9.17) is 33.7 Å². The van der Waals surface area contributed by atoms with Gasteiger partial charge in [0.05, 0.1) is 16.1 Å². The molecule has 1 heterocycles. The number of halogens is 2. The maximum Gasteiger partial charge on any atom is 0.279 e. The molecule has 8 heteroatoms. The third-order valence-corrected chi connectivity index (χ3v) is 3.83. The number of hydrogen-bond acceptors (Lipinski definition) is 4. The van der Waals surface area contributed by atoms with Crippen LogP contribution in [0.5, 0.6) is 5.75 Å². The van der Waals surface area contributed by atoms with Crippen LogP contribution < -0.4 is 10.5 Å². The fraction of sp³-hybridized carbons (Fsp3) is 0.214. The summed E-state index contributed by atoms with van der Waals surface area (Å²) in [6.07, 6.45) is 1.49. The van der Waals surface area contributed by atoms with Crippen molar-refractivity contribution in [1.82, 2.24) is 4.98 Å². The number of aliphatic imine (C=N–C) groups is 1. The average Bonchev–Trinajstić information content (AvgIpc) is 2.96. The number of nitrogens with zero attached hydrogens (tertiary/aromatic N) is 2. The molecule has 5 nitrogen and oxygen atoms in total. The van der Waals surface area contributed by atoms with Crippen molar-refractivity contribution in [3.63, 3.8) is 0 Å². The van der Waals surface area contributed by atoms with E-state index in [1.165, 1.54) is 23.5 Å². The molecule has 0 aliphatic rings. The van der Waals surface area contributed by atoms with Crippen LogP contribution in [-0.4, -0.2) is 22.8 Å². The lowest BCUT2D eigenvalue weighted by Gasteiger charge is -2.13. The molecule has 2 rings (SSSR count). The van der Waals surface area contributed by atoms with Gasteiger partial charge in [-0.1, -0.05) is 23.2 Å². The molecule has 0 radical (unpaired) electrons. The Bertz CT molecular complexity index is 692. The molecule has 0 spiro atoms. The number of thiazole rings is 1. The standard InChI is InChI=1S/C14H13Cl2N3O2S/c1-7(2)21-11-9(15)5-8(6-10(11)16)13(20)19-12(17)14-18-3-4-22-14/h3-7H,1-2H3,(H2,17,19,20). The molecule has 116 valence electrons. The van der Waals surface area contributed by atoms with Gasteiger partial charge in [0, 0.05) is 17.1 Å². The molecule has 0 saturated carbocycles. The highest BCUT2D eigenvalue weighted by molar-refractivity contribution is 7.11. The summed E-state index contributed by atoms with van der Waals surface area (Å²) in [6, 6.07) is 2.90. The predicted molar refractivity (Wildman–Crippen MR) is 89.4 cm³/mol. The number of hydrogen-bond donors (Lipinski definition) is 1. The molecule has 22 heavy (non-hydrogen) atoms. The summed E-state index contributed by atoms with van der Waals surface area (Å²) in [4.78, 5) is 19.9. The van der Waals surface area contributed by atoms with E-state index in [-0.39, 0.29) is 27.5 Å². The summed E-state index contributed by atoms with van der Waals surface area (Å²) in [5.74, 6) is -0.158. The molecular formula is C14H13Cl2N3O2S. The second-order valence-corrected chi connectivity index (χ2v) is 6.28. The molecule has 1 aromatic carbocycles. The van der Waals surface area contributed by atoms with Crippen molar-refractivity contribution in [3.05, 3.63) is 44.3 Å². The average molecular weight is 358 g/mol. The van der Waals surface area contributed by atoms with E-state index >= 15 is 0 Å². The van der Waals surface area contributed by atoms with Gasteiger partial charge in [-0.15, -0.1) is 11.3 Å². The van der Waals surface area contributed by atoms with Gasteiger partial charge in [0.2, 0.25) is 0 Å². The summed E-state index contributed by atoms with van der Waals surface area (Å²) in [6.45, 7) is 3.70. The van der Waals surface area contributed by atoms with Crippen molar-refractivity contribution in [1.29, 1.82) is 0 Å². The first-order chi connectivity index (χ1) is 10.4. The molecule has 2 aromatic rings. The van der Waals surface area contributed by atoms with E-state index in [2.05, 4.69) is 9.98 Å². The Balaban J connectivity index is 2.30. The van der Waals surface area contributed by atoms with Crippen molar-refractivity contribution in [2.24, 2.45) is 10.7 Å². The number of aromatic nitrogens is 1. The van der Waals surface area contributed by atoms with Gasteiger partial charge < -0.3 is 10.5 Å². The van der Waals surface area contributed by atoms with E-state index in [1.807, 2.05) is 13.8 Å². The Labute approximate surface area is 141 Å². The van der Waals surface area contributed by atoms with Gasteiger partial charge >= 0.3 is 0 Å². The third kappa shape index (κ3) is 3.97. The largest absolute Gasteiger partial charge is 0.488 e. The molecule has 1 amide bonds. The van der Waals surface area contributed by atoms with Crippen molar-refractivity contribution in [2.75, 3.05) is 0 Å². The minimum atomic E-state index is -0.549. The number of ether oxygens (including phenoxy) is 1. The minimum Gasteiger partial charge on any atom is -0.488 e. The third-order valence-electron chi connectivity index (χ3n) is 2.47. The number of amidine groups is 1. The Kier molecular flexibility index (Phi) is 5.39. The Hall–Kier alpha value is -1.63. The van der Waals surface area contributed by atoms with Crippen molar-refractivity contribution >= 4 is 46.3 Å². The first kappa shape index (κ1) is 16.7. The van der Waals surface area contributed by atoms with Crippen molar-refractivity contribution in [2.45, 2.75) is 20.0 Å². The highest BCUT2D eigenvalue weighted by Gasteiger charge is 2.15. The number of benzene rings is 1. The monoisotopic (exact) mass is 357 g/mol. The van der Waals surface area contributed by atoms with Crippen LogP contribution in [0.25, 0.3) is 0 Å². The molecule has 2 N–H and O–H groups in total. The fourth-order valence-electron chi connectivity index (χ4n) is 1.60. The highest BCUT2D eigenvalue weighted by atomic mass is 35.5. The molecule has 0 bridgehead atoms. The number of nitrogens with two attached hydrogens (primary N) is 1. The maximum atomic E-state index is 12.1. The molecule has 0 unspecified atom stereocenters. The quantitative estimate of drug-likeness (QED) is 0.666. The van der Waals surface area contributed by atoms with Crippen LogP contribution in [0, 0.1) is 0 Å². The van der Waals surface area contributed by atoms with Crippen LogP contribution in [-0.2, 0) is 0 Å². The second kappa shape index (κ2) is 7.09. The SMILES string of the molecule is CC(C)Oc1c(Cl)cc(C(=O)N=C(N)c2nccs2)cc1Cl. The van der Waals surface area contributed by atoms with E-state index < -0.39 is 5.91 Å². The van der Waals surface area contributed by atoms with Gasteiger partial charge in [-0.2, -0.15) is 4.99 Å². The molecular weight excluding hydrogens is 345 g/mol. The maximum absolute atomic E-state index is 12.1. The topological polar surface area (TPSA) is 77.6 Å². The molecule has 0 fully saturated rings. The zero-order valence-electron chi connectivity index (χ0n) is 11.8. The van der Waals surface area contributed by atoms with Crippen LogP contribution in [0.1, 0.15) is 29.2 Å². The smallest absolute Gasteiger partial charge is 0.279 e. The number of rotatable bonds is 4. The van der Waals surface area contributed by atoms with Crippen LogP contribution in [0.2, 0.25) is 10.0 Å². The fourth-order valence-corrected chi connectivity index (χ4v) is 2.72. The first-order valence-electron chi connectivity index (χ1n) is 6.32. The van der Waals surface area contributed by atoms with E-state index in [0.717, 1.165) is 0 Å². The normalized spacial score (nSPS) is 11.8. The van der Waals surface area contributed by atoms with Crippen LogP contribution in [0.3, 0.4) is 0 Å². The molecule has 0 atom stereocenters. The van der Waals surface area contributed by atoms with E-state index in [1.54, 1.807) is 11.6 Å². The molecule has 0 aliphatic carbocycles. The van der Waals surface area contributed by atoms with Gasteiger partial charge in [0.1, 0.15) is 0 Å². The first-order valence-corrected chi connectivity index (χ1v) is 7.96. The number of amides is 1.